The van der Waals surface area contributed by atoms with E-state index in [1.54, 1.807) is 37.4 Å². The SMILES string of the molecule is COC(=O)C[C@@](C)(NC(=O)c1coc(Br)c1)c1ccccn1. The van der Waals surface area contributed by atoms with Gasteiger partial charge in [-0.1, -0.05) is 6.07 Å². The van der Waals surface area contributed by atoms with Crippen molar-refractivity contribution in [2.45, 2.75) is 18.9 Å². The third kappa shape index (κ3) is 3.73. The van der Waals surface area contributed by atoms with Crippen LogP contribution in [0.2, 0.25) is 0 Å². The number of rotatable bonds is 5. The fraction of sp³-hybridized carbons (Fsp3) is 0.267. The highest BCUT2D eigenvalue weighted by atomic mass is 79.9. The average molecular weight is 367 g/mol. The van der Waals surface area contributed by atoms with Gasteiger partial charge in [0.05, 0.1) is 30.3 Å². The number of carbonyl (C=O) groups is 2. The number of amides is 1. The highest BCUT2D eigenvalue weighted by molar-refractivity contribution is 9.10. The molecule has 2 rings (SSSR count). The molecule has 1 amide bonds. The zero-order valence-corrected chi connectivity index (χ0v) is 13.7. The Morgan fingerprint density at radius 1 is 1.45 bits per heavy atom. The summed E-state index contributed by atoms with van der Waals surface area (Å²) in [7, 11) is 1.30. The van der Waals surface area contributed by atoms with Crippen molar-refractivity contribution in [2.75, 3.05) is 7.11 Å². The second-order valence-corrected chi connectivity index (χ2v) is 5.68. The first-order valence-electron chi connectivity index (χ1n) is 6.49. The van der Waals surface area contributed by atoms with Gasteiger partial charge in [-0.05, 0) is 35.0 Å². The number of nitrogens with one attached hydrogen (secondary N) is 1. The predicted molar refractivity (Wildman–Crippen MR) is 82.1 cm³/mol. The van der Waals surface area contributed by atoms with Gasteiger partial charge in [0.15, 0.2) is 4.67 Å². The van der Waals surface area contributed by atoms with E-state index in [9.17, 15) is 9.59 Å². The summed E-state index contributed by atoms with van der Waals surface area (Å²) < 4.78 is 10.2. The van der Waals surface area contributed by atoms with Gasteiger partial charge in [-0.15, -0.1) is 0 Å². The van der Waals surface area contributed by atoms with Crippen molar-refractivity contribution in [3.8, 4) is 0 Å². The molecule has 2 aromatic rings. The molecule has 1 N–H and O–H groups in total. The molecule has 0 aromatic carbocycles. The summed E-state index contributed by atoms with van der Waals surface area (Å²) in [6.07, 6.45) is 2.90. The Morgan fingerprint density at radius 3 is 2.77 bits per heavy atom. The van der Waals surface area contributed by atoms with Crippen LogP contribution < -0.4 is 5.32 Å². The minimum Gasteiger partial charge on any atom is -0.469 e. The fourth-order valence-electron chi connectivity index (χ4n) is 2.00. The van der Waals surface area contributed by atoms with E-state index in [1.807, 2.05) is 0 Å². The van der Waals surface area contributed by atoms with Crippen molar-refractivity contribution in [3.63, 3.8) is 0 Å². The van der Waals surface area contributed by atoms with E-state index in [4.69, 9.17) is 9.15 Å². The molecular formula is C15H15BrN2O4. The van der Waals surface area contributed by atoms with Crippen LogP contribution in [-0.4, -0.2) is 24.0 Å². The van der Waals surface area contributed by atoms with Crippen LogP contribution in [0.1, 0.15) is 29.4 Å². The number of furan rings is 1. The quantitative estimate of drug-likeness (QED) is 0.822. The summed E-state index contributed by atoms with van der Waals surface area (Å²) in [5.74, 6) is -0.812. The average Bonchev–Trinajstić information content (AvgIpc) is 2.94. The summed E-state index contributed by atoms with van der Waals surface area (Å²) in [6, 6.07) is 6.84. The summed E-state index contributed by atoms with van der Waals surface area (Å²) in [4.78, 5) is 28.3. The number of carbonyl (C=O) groups excluding carboxylic acids is 2. The highest BCUT2D eigenvalue weighted by Crippen LogP contribution is 2.24. The van der Waals surface area contributed by atoms with Gasteiger partial charge in [-0.3, -0.25) is 14.6 Å². The number of aromatic nitrogens is 1. The lowest BCUT2D eigenvalue weighted by atomic mass is 9.92. The predicted octanol–water partition coefficient (Wildman–Crippen LogP) is 2.65. The van der Waals surface area contributed by atoms with Crippen molar-refractivity contribution < 1.29 is 18.7 Å². The Balaban J connectivity index is 2.28. The molecule has 0 aliphatic rings. The lowest BCUT2D eigenvalue weighted by Crippen LogP contribution is -2.45. The Bertz CT molecular complexity index is 671. The number of methoxy groups -OCH3 is 1. The van der Waals surface area contributed by atoms with Crippen LogP contribution in [0.3, 0.4) is 0 Å². The van der Waals surface area contributed by atoms with Crippen LogP contribution in [0.25, 0.3) is 0 Å². The molecule has 0 radical (unpaired) electrons. The molecule has 0 spiro atoms. The van der Waals surface area contributed by atoms with E-state index in [2.05, 4.69) is 26.2 Å². The van der Waals surface area contributed by atoms with Crippen LogP contribution in [0.5, 0.6) is 0 Å². The van der Waals surface area contributed by atoms with Gasteiger partial charge in [0.2, 0.25) is 0 Å². The van der Waals surface area contributed by atoms with Gasteiger partial charge in [0.25, 0.3) is 5.91 Å². The summed E-state index contributed by atoms with van der Waals surface area (Å²) >= 11 is 3.14. The second-order valence-electron chi connectivity index (χ2n) is 4.89. The first-order chi connectivity index (χ1) is 10.4. The summed E-state index contributed by atoms with van der Waals surface area (Å²) in [5.41, 5.74) is -0.0787. The van der Waals surface area contributed by atoms with Crippen molar-refractivity contribution in [1.82, 2.24) is 10.3 Å². The number of nitrogens with zero attached hydrogens (tertiary/aromatic N) is 1. The number of halogens is 1. The maximum absolute atomic E-state index is 12.3. The van der Waals surface area contributed by atoms with Crippen LogP contribution in [0, 0.1) is 0 Å². The van der Waals surface area contributed by atoms with E-state index >= 15 is 0 Å². The van der Waals surface area contributed by atoms with Crippen molar-refractivity contribution in [1.29, 1.82) is 0 Å². The van der Waals surface area contributed by atoms with Crippen LogP contribution in [-0.2, 0) is 15.1 Å². The molecule has 0 bridgehead atoms. The van der Waals surface area contributed by atoms with E-state index < -0.39 is 11.5 Å². The first-order valence-corrected chi connectivity index (χ1v) is 7.29. The van der Waals surface area contributed by atoms with E-state index in [0.29, 0.717) is 15.9 Å². The molecule has 6 nitrogen and oxygen atoms in total. The van der Waals surface area contributed by atoms with Gasteiger partial charge >= 0.3 is 5.97 Å². The zero-order valence-electron chi connectivity index (χ0n) is 12.1. The number of hydrogen-bond acceptors (Lipinski definition) is 5. The molecule has 1 atom stereocenters. The van der Waals surface area contributed by atoms with Crippen molar-refractivity contribution in [2.24, 2.45) is 0 Å². The normalized spacial score (nSPS) is 13.2. The number of esters is 1. The molecular weight excluding hydrogens is 352 g/mol. The van der Waals surface area contributed by atoms with Crippen molar-refractivity contribution in [3.05, 3.63) is 52.7 Å². The molecule has 22 heavy (non-hydrogen) atoms. The Hall–Kier alpha value is -2.15. The maximum atomic E-state index is 12.3. The Kier molecular flexibility index (Phi) is 4.97. The molecule has 0 aliphatic heterocycles. The number of ether oxygens (including phenoxy) is 1. The largest absolute Gasteiger partial charge is 0.469 e. The summed E-state index contributed by atoms with van der Waals surface area (Å²) in [6.45, 7) is 1.72. The lowest BCUT2D eigenvalue weighted by molar-refractivity contribution is -0.142. The van der Waals surface area contributed by atoms with Crippen LogP contribution in [0.15, 0.2) is 45.8 Å². The molecule has 2 aromatic heterocycles. The Morgan fingerprint density at radius 2 is 2.23 bits per heavy atom. The molecule has 7 heteroatoms. The fourth-order valence-corrected chi connectivity index (χ4v) is 2.34. The number of pyridine rings is 1. The van der Waals surface area contributed by atoms with Crippen molar-refractivity contribution >= 4 is 27.8 Å². The van der Waals surface area contributed by atoms with Gasteiger partial charge in [-0.2, -0.15) is 0 Å². The van der Waals surface area contributed by atoms with Crippen LogP contribution >= 0.6 is 15.9 Å². The lowest BCUT2D eigenvalue weighted by Gasteiger charge is -2.29. The number of hydrogen-bond donors (Lipinski definition) is 1. The molecule has 2 heterocycles. The third-order valence-corrected chi connectivity index (χ3v) is 3.59. The topological polar surface area (TPSA) is 81.4 Å². The van der Waals surface area contributed by atoms with Gasteiger partial charge in [-0.25, -0.2) is 0 Å². The molecule has 0 unspecified atom stereocenters. The monoisotopic (exact) mass is 366 g/mol. The minimum absolute atomic E-state index is 0.0364. The third-order valence-electron chi connectivity index (χ3n) is 3.17. The maximum Gasteiger partial charge on any atom is 0.308 e. The standard InChI is InChI=1S/C15H15BrN2O4/c1-15(8-13(19)21-2,11-5-3-4-6-17-11)18-14(20)10-7-12(16)22-9-10/h3-7,9H,8H2,1-2H3,(H,18,20)/t15-/m1/s1. The first kappa shape index (κ1) is 16.2. The van der Waals surface area contributed by atoms with E-state index in [0.717, 1.165) is 0 Å². The Labute approximate surface area is 136 Å². The van der Waals surface area contributed by atoms with Gasteiger partial charge in [0, 0.05) is 12.3 Å². The van der Waals surface area contributed by atoms with Gasteiger partial charge in [0.1, 0.15) is 6.26 Å². The molecule has 116 valence electrons. The highest BCUT2D eigenvalue weighted by Gasteiger charge is 2.33. The molecule has 0 aliphatic carbocycles. The smallest absolute Gasteiger partial charge is 0.308 e. The minimum atomic E-state index is -0.991. The second kappa shape index (κ2) is 6.74. The van der Waals surface area contributed by atoms with E-state index in [1.165, 1.54) is 13.4 Å². The molecule has 0 saturated heterocycles. The summed E-state index contributed by atoms with van der Waals surface area (Å²) in [5, 5.41) is 2.82. The van der Waals surface area contributed by atoms with E-state index in [-0.39, 0.29) is 12.3 Å². The molecule has 0 saturated carbocycles. The zero-order chi connectivity index (χ0) is 16.2. The van der Waals surface area contributed by atoms with Crippen LogP contribution in [0.4, 0.5) is 0 Å². The van der Waals surface area contributed by atoms with Gasteiger partial charge < -0.3 is 14.5 Å². The molecule has 0 fully saturated rings.